The zero-order valence-corrected chi connectivity index (χ0v) is 31.0. The number of rotatable bonds is 20. The number of hydrogen-bond acceptors (Lipinski definition) is 8. The summed E-state index contributed by atoms with van der Waals surface area (Å²) >= 11 is 0. The molecule has 1 fully saturated rings. The normalized spacial score (nSPS) is 19.8. The van der Waals surface area contributed by atoms with Crippen LogP contribution < -0.4 is 16.0 Å². The summed E-state index contributed by atoms with van der Waals surface area (Å²) in [4.78, 5) is 59.6. The highest BCUT2D eigenvalue weighted by atomic mass is 16.5. The van der Waals surface area contributed by atoms with E-state index in [-0.39, 0.29) is 53.8 Å². The third-order valence-corrected chi connectivity index (χ3v) is 9.61. The molecular weight excluding hydrogens is 588 g/mol. The summed E-state index contributed by atoms with van der Waals surface area (Å²) in [5, 5.41) is 9.02. The lowest BCUT2D eigenvalue weighted by atomic mass is 9.89. The molecule has 0 aliphatic carbocycles. The summed E-state index contributed by atoms with van der Waals surface area (Å²) in [5.41, 5.74) is 0. The highest BCUT2D eigenvalue weighted by molar-refractivity contribution is 5.90. The molecule has 0 bridgehead atoms. The Morgan fingerprint density at radius 2 is 1.52 bits per heavy atom. The Labute approximate surface area is 279 Å². The number of ether oxygens (including phenoxy) is 2. The standard InChI is InChI=1S/C34H66N6O6/c1-14-23(6)30(39(11)34(44)29(22(4)5)37-33(43)28(35-8)21(2)3)26(45-12)20-27(41)40-18-15-16-25(40)31(46-13)24(7)32(42)36-17-19-38(9)10/h21-26,28-31,35H,14-20H2,1-13H3,(H,36,42)(H,37,43)/t23-,24+,25+,26+,28-,29-,30-,31+/m0/s1. The molecule has 12 heteroatoms. The fourth-order valence-corrected chi connectivity index (χ4v) is 6.61. The van der Waals surface area contributed by atoms with Crippen molar-refractivity contribution in [2.45, 2.75) is 111 Å². The molecule has 1 aliphatic heterocycles. The van der Waals surface area contributed by atoms with E-state index in [2.05, 4.69) is 29.8 Å². The highest BCUT2D eigenvalue weighted by Gasteiger charge is 2.43. The van der Waals surface area contributed by atoms with Gasteiger partial charge in [-0.25, -0.2) is 0 Å². The van der Waals surface area contributed by atoms with Gasteiger partial charge in [0.1, 0.15) is 6.04 Å². The zero-order valence-electron chi connectivity index (χ0n) is 31.0. The summed E-state index contributed by atoms with van der Waals surface area (Å²) in [7, 11) is 10.6. The summed E-state index contributed by atoms with van der Waals surface area (Å²) in [6.07, 6.45) is 1.37. The molecule has 1 rings (SSSR count). The Bertz CT molecular complexity index is 962. The molecule has 46 heavy (non-hydrogen) atoms. The van der Waals surface area contributed by atoms with Gasteiger partial charge < -0.3 is 40.1 Å². The van der Waals surface area contributed by atoms with Crippen molar-refractivity contribution in [3.8, 4) is 0 Å². The first-order valence-corrected chi connectivity index (χ1v) is 17.1. The maximum absolute atomic E-state index is 14.0. The Hall–Kier alpha value is -2.28. The monoisotopic (exact) mass is 655 g/mol. The predicted octanol–water partition coefficient (Wildman–Crippen LogP) is 1.97. The molecule has 12 nitrogen and oxygen atoms in total. The minimum atomic E-state index is -0.734. The fraction of sp³-hybridized carbons (Fsp3) is 0.882. The summed E-state index contributed by atoms with van der Waals surface area (Å²) in [5.74, 6) is -1.14. The molecular formula is C34H66N6O6. The van der Waals surface area contributed by atoms with E-state index in [1.807, 2.05) is 58.5 Å². The molecule has 0 aromatic heterocycles. The second-order valence-corrected chi connectivity index (χ2v) is 13.9. The maximum atomic E-state index is 14.0. The number of likely N-dealkylation sites (N-methyl/N-ethyl adjacent to an activating group) is 3. The minimum absolute atomic E-state index is 0.0166. The lowest BCUT2D eigenvalue weighted by molar-refractivity contribution is -0.147. The van der Waals surface area contributed by atoms with Gasteiger partial charge in [-0.15, -0.1) is 0 Å². The molecule has 1 heterocycles. The Morgan fingerprint density at radius 3 is 2.00 bits per heavy atom. The zero-order chi connectivity index (χ0) is 35.3. The predicted molar refractivity (Wildman–Crippen MR) is 182 cm³/mol. The molecule has 0 spiro atoms. The number of methoxy groups -OCH3 is 2. The smallest absolute Gasteiger partial charge is 0.245 e. The molecule has 1 aliphatic rings. The van der Waals surface area contributed by atoms with Crippen LogP contribution in [0.5, 0.6) is 0 Å². The van der Waals surface area contributed by atoms with Gasteiger partial charge in [0.25, 0.3) is 0 Å². The van der Waals surface area contributed by atoms with E-state index in [9.17, 15) is 19.2 Å². The molecule has 0 aromatic carbocycles. The fourth-order valence-electron chi connectivity index (χ4n) is 6.61. The van der Waals surface area contributed by atoms with Crippen LogP contribution in [0.1, 0.15) is 74.1 Å². The number of carbonyl (C=O) groups is 4. The van der Waals surface area contributed by atoms with Crippen molar-refractivity contribution in [3.63, 3.8) is 0 Å². The lowest BCUT2D eigenvalue weighted by Gasteiger charge is -2.41. The van der Waals surface area contributed by atoms with Crippen LogP contribution in [0.15, 0.2) is 0 Å². The topological polar surface area (TPSA) is 133 Å². The van der Waals surface area contributed by atoms with Crippen molar-refractivity contribution >= 4 is 23.6 Å². The van der Waals surface area contributed by atoms with Gasteiger partial charge >= 0.3 is 0 Å². The number of amides is 4. The largest absolute Gasteiger partial charge is 0.379 e. The lowest BCUT2D eigenvalue weighted by Crippen LogP contribution is -2.59. The Morgan fingerprint density at radius 1 is 0.913 bits per heavy atom. The van der Waals surface area contributed by atoms with Gasteiger partial charge in [0, 0.05) is 40.9 Å². The van der Waals surface area contributed by atoms with E-state index in [1.165, 1.54) is 0 Å². The third kappa shape index (κ3) is 11.5. The Kier molecular flexibility index (Phi) is 18.3. The highest BCUT2D eigenvalue weighted by Crippen LogP contribution is 2.29. The van der Waals surface area contributed by atoms with Crippen molar-refractivity contribution in [2.75, 3.05) is 62.0 Å². The van der Waals surface area contributed by atoms with Crippen LogP contribution in [0.4, 0.5) is 0 Å². The van der Waals surface area contributed by atoms with Gasteiger partial charge in [0.05, 0.1) is 42.7 Å². The van der Waals surface area contributed by atoms with Crippen LogP contribution >= 0.6 is 0 Å². The number of likely N-dealkylation sites (tertiary alicyclic amines) is 1. The third-order valence-electron chi connectivity index (χ3n) is 9.61. The maximum Gasteiger partial charge on any atom is 0.245 e. The van der Waals surface area contributed by atoms with Crippen LogP contribution in [0, 0.1) is 23.7 Å². The first-order valence-electron chi connectivity index (χ1n) is 17.1. The average molecular weight is 655 g/mol. The molecule has 1 saturated heterocycles. The van der Waals surface area contributed by atoms with Gasteiger partial charge in [-0.1, -0.05) is 54.9 Å². The van der Waals surface area contributed by atoms with Gasteiger partial charge in [-0.05, 0) is 51.7 Å². The van der Waals surface area contributed by atoms with E-state index in [0.29, 0.717) is 13.1 Å². The molecule has 0 unspecified atom stereocenters. The van der Waals surface area contributed by atoms with Crippen LogP contribution in [-0.2, 0) is 28.7 Å². The van der Waals surface area contributed by atoms with Gasteiger partial charge in [0.2, 0.25) is 23.6 Å². The molecule has 8 atom stereocenters. The van der Waals surface area contributed by atoms with Crippen LogP contribution in [0.2, 0.25) is 0 Å². The molecule has 268 valence electrons. The van der Waals surface area contributed by atoms with E-state index in [4.69, 9.17) is 9.47 Å². The first kappa shape index (κ1) is 41.7. The first-order chi connectivity index (χ1) is 21.6. The van der Waals surface area contributed by atoms with Crippen LogP contribution in [0.25, 0.3) is 0 Å². The van der Waals surface area contributed by atoms with E-state index in [1.54, 1.807) is 33.2 Å². The van der Waals surface area contributed by atoms with E-state index >= 15 is 0 Å². The molecule has 0 aromatic rings. The summed E-state index contributed by atoms with van der Waals surface area (Å²) in [6.45, 7) is 15.5. The van der Waals surface area contributed by atoms with Crippen LogP contribution in [-0.4, -0.2) is 137 Å². The van der Waals surface area contributed by atoms with Crippen LogP contribution in [0.3, 0.4) is 0 Å². The number of nitrogens with one attached hydrogen (secondary N) is 3. The Balaban J connectivity index is 3.20. The van der Waals surface area contributed by atoms with E-state index < -0.39 is 36.3 Å². The number of carbonyl (C=O) groups excluding carboxylic acids is 4. The second kappa shape index (κ2) is 20.2. The van der Waals surface area contributed by atoms with E-state index in [0.717, 1.165) is 25.8 Å². The summed E-state index contributed by atoms with van der Waals surface area (Å²) < 4.78 is 11.8. The molecule has 3 N–H and O–H groups in total. The number of nitrogens with zero attached hydrogens (tertiary/aromatic N) is 3. The van der Waals surface area contributed by atoms with Crippen molar-refractivity contribution in [1.82, 2.24) is 30.7 Å². The van der Waals surface area contributed by atoms with Crippen molar-refractivity contribution < 1.29 is 28.7 Å². The second-order valence-electron chi connectivity index (χ2n) is 13.9. The van der Waals surface area contributed by atoms with Crippen molar-refractivity contribution in [1.29, 1.82) is 0 Å². The average Bonchev–Trinajstić information content (AvgIpc) is 3.48. The molecule has 0 saturated carbocycles. The van der Waals surface area contributed by atoms with Crippen molar-refractivity contribution in [3.05, 3.63) is 0 Å². The summed E-state index contributed by atoms with van der Waals surface area (Å²) in [6, 6.07) is -1.81. The number of hydrogen-bond donors (Lipinski definition) is 3. The minimum Gasteiger partial charge on any atom is -0.379 e. The van der Waals surface area contributed by atoms with Gasteiger partial charge in [0.15, 0.2) is 0 Å². The van der Waals surface area contributed by atoms with Crippen molar-refractivity contribution in [2.24, 2.45) is 23.7 Å². The SMILES string of the molecule is CC[C@H](C)[C@@H]([C@@H](CC(=O)N1CCC[C@@H]1[C@H](OC)[C@@H](C)C(=O)NCCN(C)C)OC)N(C)C(=O)[C@@H](NC(=O)[C@@H](NC)C(C)C)C(C)C. The quantitative estimate of drug-likeness (QED) is 0.182. The molecule has 0 radical (unpaired) electrons. The van der Waals surface area contributed by atoms with Gasteiger partial charge in [-0.3, -0.25) is 19.2 Å². The van der Waals surface area contributed by atoms with Gasteiger partial charge in [-0.2, -0.15) is 0 Å². The molecule has 4 amide bonds.